The smallest absolute Gasteiger partial charge is 0.0185 e. The summed E-state index contributed by atoms with van der Waals surface area (Å²) in [5.41, 5.74) is 3.88. The van der Waals surface area contributed by atoms with E-state index in [9.17, 15) is 0 Å². The first-order chi connectivity index (χ1) is 7.27. The Kier molecular flexibility index (Phi) is 7.35. The Labute approximate surface area is 94.3 Å². The first-order valence-electron chi connectivity index (χ1n) is 5.64. The summed E-state index contributed by atoms with van der Waals surface area (Å²) in [5.74, 6) is 0. The third-order valence-corrected chi connectivity index (χ3v) is 1.93. The highest BCUT2D eigenvalue weighted by atomic mass is 14.0. The first kappa shape index (κ1) is 13.7. The molecule has 0 fully saturated rings. The van der Waals surface area contributed by atoms with Crippen LogP contribution in [0.1, 0.15) is 44.4 Å². The van der Waals surface area contributed by atoms with Crippen molar-refractivity contribution in [3.63, 3.8) is 0 Å². The number of hydrogen-bond acceptors (Lipinski definition) is 0. The van der Waals surface area contributed by atoms with Crippen molar-refractivity contribution in [3.8, 4) is 0 Å². The van der Waals surface area contributed by atoms with Crippen molar-refractivity contribution in [1.29, 1.82) is 0 Å². The summed E-state index contributed by atoms with van der Waals surface area (Å²) in [7, 11) is 0. The summed E-state index contributed by atoms with van der Waals surface area (Å²) in [6.45, 7) is 10.2. The van der Waals surface area contributed by atoms with E-state index in [4.69, 9.17) is 0 Å². The molecule has 0 aromatic heterocycles. The summed E-state index contributed by atoms with van der Waals surface area (Å²) in [6, 6.07) is 6.50. The van der Waals surface area contributed by atoms with Crippen LogP contribution >= 0.6 is 0 Å². The van der Waals surface area contributed by atoms with E-state index in [1.807, 2.05) is 27.7 Å². The zero-order chi connectivity index (χ0) is 11.7. The molecule has 0 aliphatic carbocycles. The molecule has 0 amide bonds. The molecule has 0 unspecified atom stereocenters. The van der Waals surface area contributed by atoms with E-state index in [0.29, 0.717) is 0 Å². The molecule has 0 saturated carbocycles. The third kappa shape index (κ3) is 4.64. The van der Waals surface area contributed by atoms with E-state index < -0.39 is 0 Å². The van der Waals surface area contributed by atoms with Crippen LogP contribution in [0.2, 0.25) is 0 Å². The van der Waals surface area contributed by atoms with Crippen LogP contribution in [0.25, 0.3) is 12.2 Å². The summed E-state index contributed by atoms with van der Waals surface area (Å²) >= 11 is 0. The van der Waals surface area contributed by atoms with Gasteiger partial charge >= 0.3 is 0 Å². The second kappa shape index (κ2) is 8.05. The molecule has 1 aromatic rings. The number of aryl methyl sites for hydroxylation is 1. The van der Waals surface area contributed by atoms with Crippen molar-refractivity contribution >= 4 is 12.2 Å². The van der Waals surface area contributed by atoms with Crippen molar-refractivity contribution < 1.29 is 0 Å². The summed E-state index contributed by atoms with van der Waals surface area (Å²) in [6.07, 6.45) is 8.41. The molecule has 0 radical (unpaired) electrons. The summed E-state index contributed by atoms with van der Waals surface area (Å²) in [5, 5.41) is 0. The van der Waals surface area contributed by atoms with Gasteiger partial charge in [0.1, 0.15) is 0 Å². The van der Waals surface area contributed by atoms with Gasteiger partial charge in [-0.05, 0) is 31.9 Å². The Morgan fingerprint density at radius 3 is 1.93 bits per heavy atom. The van der Waals surface area contributed by atoms with Gasteiger partial charge in [0.05, 0.1) is 0 Å². The highest BCUT2D eigenvalue weighted by Gasteiger charge is 1.94. The topological polar surface area (TPSA) is 0 Å². The van der Waals surface area contributed by atoms with Crippen LogP contribution in [-0.2, 0) is 0 Å². The molecule has 0 aliphatic heterocycles. The summed E-state index contributed by atoms with van der Waals surface area (Å²) in [4.78, 5) is 0. The third-order valence-electron chi connectivity index (χ3n) is 1.93. The molecule has 0 saturated heterocycles. The number of allylic oxidation sites excluding steroid dienone is 2. The zero-order valence-electron chi connectivity index (χ0n) is 10.5. The fourth-order valence-corrected chi connectivity index (χ4v) is 1.35. The first-order valence-corrected chi connectivity index (χ1v) is 5.64. The van der Waals surface area contributed by atoms with Crippen molar-refractivity contribution in [2.24, 2.45) is 0 Å². The Hall–Kier alpha value is -1.30. The number of hydrogen-bond donors (Lipinski definition) is 0. The average Bonchev–Trinajstić information content (AvgIpc) is 2.26. The lowest BCUT2D eigenvalue weighted by Gasteiger charge is -2.02. The van der Waals surface area contributed by atoms with Crippen molar-refractivity contribution in [2.45, 2.75) is 34.6 Å². The standard InChI is InChI=1S/C13H16.C2H6/c1-4-6-12-9-8-11(3)10-13(12)7-5-2;1-2/h4-10H,1-3H3;1-2H3/b6-4-,7-5-;. The largest absolute Gasteiger partial charge is 0.0870 e. The van der Waals surface area contributed by atoms with Gasteiger partial charge in [0.15, 0.2) is 0 Å². The molecule has 0 nitrogen and oxygen atoms in total. The molecular formula is C15H22. The van der Waals surface area contributed by atoms with Crippen LogP contribution in [-0.4, -0.2) is 0 Å². The highest BCUT2D eigenvalue weighted by Crippen LogP contribution is 2.15. The molecule has 0 bridgehead atoms. The monoisotopic (exact) mass is 202 g/mol. The Morgan fingerprint density at radius 2 is 1.40 bits per heavy atom. The van der Waals surface area contributed by atoms with Gasteiger partial charge in [0.2, 0.25) is 0 Å². The molecule has 1 rings (SSSR count). The van der Waals surface area contributed by atoms with Gasteiger partial charge < -0.3 is 0 Å². The van der Waals surface area contributed by atoms with E-state index in [1.54, 1.807) is 0 Å². The number of rotatable bonds is 2. The fourth-order valence-electron chi connectivity index (χ4n) is 1.35. The van der Waals surface area contributed by atoms with Crippen molar-refractivity contribution in [1.82, 2.24) is 0 Å². The fraction of sp³-hybridized carbons (Fsp3) is 0.333. The number of benzene rings is 1. The predicted octanol–water partition coefficient (Wildman–Crippen LogP) is 5.09. The minimum absolute atomic E-state index is 1.28. The Bertz CT molecular complexity index is 330. The molecule has 15 heavy (non-hydrogen) atoms. The normalized spacial score (nSPS) is 10.5. The van der Waals surface area contributed by atoms with Crippen molar-refractivity contribution in [2.75, 3.05) is 0 Å². The van der Waals surface area contributed by atoms with Gasteiger partial charge in [0, 0.05) is 0 Å². The maximum absolute atomic E-state index is 2.20. The van der Waals surface area contributed by atoms with E-state index in [2.05, 4.69) is 49.4 Å². The highest BCUT2D eigenvalue weighted by molar-refractivity contribution is 5.65. The quantitative estimate of drug-likeness (QED) is 0.626. The van der Waals surface area contributed by atoms with Gasteiger partial charge in [-0.1, -0.05) is 61.9 Å². The molecule has 0 spiro atoms. The maximum Gasteiger partial charge on any atom is -0.0185 e. The van der Waals surface area contributed by atoms with Crippen LogP contribution < -0.4 is 0 Å². The molecule has 0 heteroatoms. The lowest BCUT2D eigenvalue weighted by molar-refractivity contribution is 1.44. The van der Waals surface area contributed by atoms with Gasteiger partial charge in [-0.2, -0.15) is 0 Å². The SMILES string of the molecule is C/C=C\c1ccc(C)cc1/C=C\C.CC. The second-order valence-electron chi connectivity index (χ2n) is 3.13. The molecule has 82 valence electrons. The van der Waals surface area contributed by atoms with Gasteiger partial charge in [-0.25, -0.2) is 0 Å². The van der Waals surface area contributed by atoms with Crippen LogP contribution in [0.5, 0.6) is 0 Å². The maximum atomic E-state index is 2.20. The zero-order valence-corrected chi connectivity index (χ0v) is 10.5. The Balaban J connectivity index is 0.000000921. The van der Waals surface area contributed by atoms with E-state index in [-0.39, 0.29) is 0 Å². The van der Waals surface area contributed by atoms with Gasteiger partial charge in [0.25, 0.3) is 0 Å². The molecule has 0 heterocycles. The summed E-state index contributed by atoms with van der Waals surface area (Å²) < 4.78 is 0. The average molecular weight is 202 g/mol. The molecule has 1 aromatic carbocycles. The molecule has 0 aliphatic rings. The van der Waals surface area contributed by atoms with Crippen LogP contribution in [0.15, 0.2) is 30.4 Å². The van der Waals surface area contributed by atoms with Crippen LogP contribution in [0.4, 0.5) is 0 Å². The van der Waals surface area contributed by atoms with Gasteiger partial charge in [-0.15, -0.1) is 0 Å². The molecule has 0 N–H and O–H groups in total. The minimum atomic E-state index is 1.28. The van der Waals surface area contributed by atoms with E-state index in [1.165, 1.54) is 16.7 Å². The lowest BCUT2D eigenvalue weighted by atomic mass is 10.0. The van der Waals surface area contributed by atoms with Crippen LogP contribution in [0.3, 0.4) is 0 Å². The van der Waals surface area contributed by atoms with E-state index in [0.717, 1.165) is 0 Å². The Morgan fingerprint density at radius 1 is 0.867 bits per heavy atom. The van der Waals surface area contributed by atoms with E-state index >= 15 is 0 Å². The van der Waals surface area contributed by atoms with Gasteiger partial charge in [-0.3, -0.25) is 0 Å². The molecular weight excluding hydrogens is 180 g/mol. The van der Waals surface area contributed by atoms with Crippen molar-refractivity contribution in [3.05, 3.63) is 47.0 Å². The molecule has 0 atom stereocenters. The predicted molar refractivity (Wildman–Crippen MR) is 71.9 cm³/mol. The second-order valence-corrected chi connectivity index (χ2v) is 3.13. The van der Waals surface area contributed by atoms with Crippen LogP contribution in [0, 0.1) is 6.92 Å². The minimum Gasteiger partial charge on any atom is -0.0870 e. The lowest BCUT2D eigenvalue weighted by Crippen LogP contribution is -1.82.